The van der Waals surface area contributed by atoms with Crippen LogP contribution in [-0.4, -0.2) is 16.6 Å². The van der Waals surface area contributed by atoms with Crippen LogP contribution in [-0.2, 0) is 4.79 Å². The molecule has 3 nitrogen and oxygen atoms in total. The van der Waals surface area contributed by atoms with Crippen LogP contribution in [0.3, 0.4) is 0 Å². The average molecular weight is 288 g/mol. The quantitative estimate of drug-likeness (QED) is 0.596. The molecule has 2 rings (SSSR count). The van der Waals surface area contributed by atoms with E-state index in [2.05, 4.69) is 22.9 Å². The zero-order valence-electron chi connectivity index (χ0n) is 11.5. The number of para-hydroxylation sites is 1. The van der Waals surface area contributed by atoms with E-state index >= 15 is 0 Å². The van der Waals surface area contributed by atoms with Crippen LogP contribution in [0.25, 0.3) is 10.9 Å². The molecule has 20 heavy (non-hydrogen) atoms. The standard InChI is InChI=1S/C16H20N2OS/c19-16(9-3-1-2-6-10-20)18-14-11-13-7-4-5-8-15(13)17-12-14/h4-5,7-8,11-12,20H,1-3,6,9-10H2,(H,18,19). The van der Waals surface area contributed by atoms with Gasteiger partial charge in [-0.05, 0) is 30.7 Å². The number of amides is 1. The van der Waals surface area contributed by atoms with Gasteiger partial charge in [-0.1, -0.05) is 31.0 Å². The summed E-state index contributed by atoms with van der Waals surface area (Å²) in [5, 5.41) is 3.95. The molecule has 0 saturated carbocycles. The maximum absolute atomic E-state index is 11.8. The molecule has 1 N–H and O–H groups in total. The zero-order valence-corrected chi connectivity index (χ0v) is 12.4. The number of fused-ring (bicyclic) bond motifs is 1. The molecule has 0 atom stereocenters. The van der Waals surface area contributed by atoms with Gasteiger partial charge in [0.1, 0.15) is 0 Å². The highest BCUT2D eigenvalue weighted by atomic mass is 32.1. The number of pyridine rings is 1. The second kappa shape index (κ2) is 7.90. The molecule has 1 aromatic heterocycles. The molecule has 0 radical (unpaired) electrons. The van der Waals surface area contributed by atoms with E-state index in [0.717, 1.165) is 48.0 Å². The summed E-state index contributed by atoms with van der Waals surface area (Å²) in [4.78, 5) is 16.2. The lowest BCUT2D eigenvalue weighted by atomic mass is 10.1. The predicted molar refractivity (Wildman–Crippen MR) is 87.3 cm³/mol. The Morgan fingerprint density at radius 1 is 1.15 bits per heavy atom. The monoisotopic (exact) mass is 288 g/mol. The van der Waals surface area contributed by atoms with Crippen LogP contribution >= 0.6 is 12.6 Å². The van der Waals surface area contributed by atoms with Crippen molar-refractivity contribution in [3.8, 4) is 0 Å². The van der Waals surface area contributed by atoms with Gasteiger partial charge in [-0.15, -0.1) is 0 Å². The third kappa shape index (κ3) is 4.53. The lowest BCUT2D eigenvalue weighted by Crippen LogP contribution is -2.11. The first-order chi connectivity index (χ1) is 9.79. The lowest BCUT2D eigenvalue weighted by Gasteiger charge is -2.06. The molecule has 0 spiro atoms. The van der Waals surface area contributed by atoms with Crippen molar-refractivity contribution in [2.75, 3.05) is 11.1 Å². The Morgan fingerprint density at radius 3 is 2.80 bits per heavy atom. The number of nitrogens with one attached hydrogen (secondary N) is 1. The summed E-state index contributed by atoms with van der Waals surface area (Å²) in [5.41, 5.74) is 1.71. The second-order valence-corrected chi connectivity index (χ2v) is 5.30. The third-order valence-corrected chi connectivity index (χ3v) is 3.50. The number of anilines is 1. The third-order valence-electron chi connectivity index (χ3n) is 3.19. The number of carbonyl (C=O) groups excluding carboxylic acids is 1. The summed E-state index contributed by atoms with van der Waals surface area (Å²) in [6.45, 7) is 0. The highest BCUT2D eigenvalue weighted by Gasteiger charge is 2.03. The number of hydrogen-bond donors (Lipinski definition) is 2. The van der Waals surface area contributed by atoms with E-state index in [0.29, 0.717) is 6.42 Å². The Labute approximate surface area is 125 Å². The molecule has 1 aromatic carbocycles. The Kier molecular flexibility index (Phi) is 5.87. The molecular formula is C16H20N2OS. The molecule has 4 heteroatoms. The molecule has 0 bridgehead atoms. The van der Waals surface area contributed by atoms with Crippen molar-refractivity contribution < 1.29 is 4.79 Å². The van der Waals surface area contributed by atoms with E-state index in [1.54, 1.807) is 6.20 Å². The normalized spacial score (nSPS) is 10.7. The first kappa shape index (κ1) is 14.9. The van der Waals surface area contributed by atoms with Gasteiger partial charge in [-0.2, -0.15) is 12.6 Å². The molecule has 1 amide bonds. The summed E-state index contributed by atoms with van der Waals surface area (Å²) < 4.78 is 0. The summed E-state index contributed by atoms with van der Waals surface area (Å²) in [6.07, 6.45) is 6.57. The van der Waals surface area contributed by atoms with Crippen LogP contribution in [0.1, 0.15) is 32.1 Å². The number of carbonyl (C=O) groups is 1. The van der Waals surface area contributed by atoms with Crippen LogP contribution in [0.5, 0.6) is 0 Å². The number of hydrogen-bond acceptors (Lipinski definition) is 3. The molecule has 2 aromatic rings. The van der Waals surface area contributed by atoms with Crippen molar-refractivity contribution in [1.82, 2.24) is 4.98 Å². The van der Waals surface area contributed by atoms with Gasteiger partial charge in [0, 0.05) is 11.8 Å². The van der Waals surface area contributed by atoms with Crippen molar-refractivity contribution in [2.45, 2.75) is 32.1 Å². The van der Waals surface area contributed by atoms with Crippen LogP contribution in [0.15, 0.2) is 36.5 Å². The van der Waals surface area contributed by atoms with Crippen LogP contribution in [0.2, 0.25) is 0 Å². The fourth-order valence-electron chi connectivity index (χ4n) is 2.11. The smallest absolute Gasteiger partial charge is 0.224 e. The maximum atomic E-state index is 11.8. The van der Waals surface area contributed by atoms with Gasteiger partial charge >= 0.3 is 0 Å². The first-order valence-corrected chi connectivity index (χ1v) is 7.68. The molecule has 0 aliphatic heterocycles. The maximum Gasteiger partial charge on any atom is 0.224 e. The van der Waals surface area contributed by atoms with Crippen molar-refractivity contribution in [2.24, 2.45) is 0 Å². The van der Waals surface area contributed by atoms with Gasteiger partial charge in [0.25, 0.3) is 0 Å². The minimum atomic E-state index is 0.0629. The fraction of sp³-hybridized carbons (Fsp3) is 0.375. The molecule has 0 saturated heterocycles. The van der Waals surface area contributed by atoms with Crippen LogP contribution in [0, 0.1) is 0 Å². The zero-order chi connectivity index (χ0) is 14.2. The highest BCUT2D eigenvalue weighted by molar-refractivity contribution is 7.80. The number of rotatable bonds is 7. The summed E-state index contributed by atoms with van der Waals surface area (Å²) >= 11 is 4.17. The SMILES string of the molecule is O=C(CCCCCCS)Nc1cnc2ccccc2c1. The lowest BCUT2D eigenvalue weighted by molar-refractivity contribution is -0.116. The number of nitrogens with zero attached hydrogens (tertiary/aromatic N) is 1. The molecule has 1 heterocycles. The largest absolute Gasteiger partial charge is 0.325 e. The van der Waals surface area contributed by atoms with Gasteiger partial charge in [-0.3, -0.25) is 9.78 Å². The van der Waals surface area contributed by atoms with Gasteiger partial charge < -0.3 is 5.32 Å². The Hall–Kier alpha value is -1.55. The topological polar surface area (TPSA) is 42.0 Å². The van der Waals surface area contributed by atoms with Crippen molar-refractivity contribution in [1.29, 1.82) is 0 Å². The average Bonchev–Trinajstić information content (AvgIpc) is 2.47. The van der Waals surface area contributed by atoms with E-state index in [-0.39, 0.29) is 5.91 Å². The molecule has 0 fully saturated rings. The van der Waals surface area contributed by atoms with E-state index < -0.39 is 0 Å². The van der Waals surface area contributed by atoms with E-state index in [1.165, 1.54) is 0 Å². The van der Waals surface area contributed by atoms with Gasteiger partial charge in [0.2, 0.25) is 5.91 Å². The summed E-state index contributed by atoms with van der Waals surface area (Å²) in [7, 11) is 0. The molecule has 106 valence electrons. The van der Waals surface area contributed by atoms with Gasteiger partial charge in [-0.25, -0.2) is 0 Å². The van der Waals surface area contributed by atoms with Crippen molar-refractivity contribution in [3.05, 3.63) is 36.5 Å². The molecular weight excluding hydrogens is 268 g/mol. The van der Waals surface area contributed by atoms with E-state index in [1.807, 2.05) is 30.3 Å². The number of unbranched alkanes of at least 4 members (excludes halogenated alkanes) is 3. The van der Waals surface area contributed by atoms with Crippen LogP contribution < -0.4 is 5.32 Å². The van der Waals surface area contributed by atoms with Gasteiger partial charge in [0.05, 0.1) is 17.4 Å². The predicted octanol–water partition coefficient (Wildman–Crippen LogP) is 4.05. The minimum absolute atomic E-state index is 0.0629. The minimum Gasteiger partial charge on any atom is -0.325 e. The Balaban J connectivity index is 1.83. The van der Waals surface area contributed by atoms with E-state index in [4.69, 9.17) is 0 Å². The van der Waals surface area contributed by atoms with Gasteiger partial charge in [0.15, 0.2) is 0 Å². The van der Waals surface area contributed by atoms with Crippen molar-refractivity contribution >= 4 is 35.1 Å². The molecule has 0 aliphatic rings. The number of benzene rings is 1. The molecule has 0 unspecified atom stereocenters. The number of aromatic nitrogens is 1. The highest BCUT2D eigenvalue weighted by Crippen LogP contribution is 2.16. The van der Waals surface area contributed by atoms with Crippen LogP contribution in [0.4, 0.5) is 5.69 Å². The summed E-state index contributed by atoms with van der Waals surface area (Å²) in [6, 6.07) is 9.84. The Morgan fingerprint density at radius 2 is 1.95 bits per heavy atom. The molecule has 0 aliphatic carbocycles. The fourth-order valence-corrected chi connectivity index (χ4v) is 2.34. The summed E-state index contributed by atoms with van der Waals surface area (Å²) in [5.74, 6) is 0.988. The number of thiol groups is 1. The Bertz CT molecular complexity index is 571. The first-order valence-electron chi connectivity index (χ1n) is 7.05. The van der Waals surface area contributed by atoms with E-state index in [9.17, 15) is 4.79 Å². The second-order valence-electron chi connectivity index (χ2n) is 4.85. The van der Waals surface area contributed by atoms with Crippen molar-refractivity contribution in [3.63, 3.8) is 0 Å².